The Morgan fingerprint density at radius 1 is 1.12 bits per heavy atom. The molecular formula is C22H26O4. The third-order valence-electron chi connectivity index (χ3n) is 6.65. The molecule has 4 atom stereocenters. The second-order valence-electron chi connectivity index (χ2n) is 8.21. The fourth-order valence-electron chi connectivity index (χ4n) is 5.53. The molecule has 0 saturated heterocycles. The summed E-state index contributed by atoms with van der Waals surface area (Å²) >= 11 is 0. The van der Waals surface area contributed by atoms with Crippen LogP contribution in [0.3, 0.4) is 0 Å². The molecule has 1 aromatic carbocycles. The summed E-state index contributed by atoms with van der Waals surface area (Å²) in [6, 6.07) is 6.01. The molecule has 1 saturated carbocycles. The van der Waals surface area contributed by atoms with Crippen molar-refractivity contribution in [3.05, 3.63) is 35.4 Å². The molecule has 0 aliphatic heterocycles. The molecule has 0 heterocycles. The van der Waals surface area contributed by atoms with Crippen LogP contribution in [-0.2, 0) is 20.7 Å². The molecule has 1 fully saturated rings. The van der Waals surface area contributed by atoms with E-state index in [0.29, 0.717) is 17.6 Å². The van der Waals surface area contributed by atoms with Gasteiger partial charge < -0.3 is 9.47 Å². The lowest BCUT2D eigenvalue weighted by molar-refractivity contribution is -0.152. The first-order valence-corrected chi connectivity index (χ1v) is 9.57. The fraction of sp³-hybridized carbons (Fsp3) is 0.545. The number of carbonyl (C=O) groups is 2. The SMILES string of the molecule is CC(=O)Oc1ccc2c(c1)CC[C@@H]1C2=CC[C@]2(C)[C@@H](OC(C)=O)CC[C@@H]12. The van der Waals surface area contributed by atoms with Crippen LogP contribution < -0.4 is 4.74 Å². The summed E-state index contributed by atoms with van der Waals surface area (Å²) in [4.78, 5) is 22.7. The van der Waals surface area contributed by atoms with Gasteiger partial charge in [0.2, 0.25) is 0 Å². The molecule has 0 radical (unpaired) electrons. The number of esters is 2. The average molecular weight is 354 g/mol. The maximum Gasteiger partial charge on any atom is 0.308 e. The quantitative estimate of drug-likeness (QED) is 0.587. The highest BCUT2D eigenvalue weighted by Gasteiger charge is 2.53. The highest BCUT2D eigenvalue weighted by Crippen LogP contribution is 2.59. The van der Waals surface area contributed by atoms with Crippen LogP contribution in [0.25, 0.3) is 5.57 Å². The molecule has 1 aromatic rings. The number of hydrogen-bond acceptors (Lipinski definition) is 4. The van der Waals surface area contributed by atoms with Gasteiger partial charge in [-0.1, -0.05) is 19.1 Å². The van der Waals surface area contributed by atoms with E-state index >= 15 is 0 Å². The van der Waals surface area contributed by atoms with Gasteiger partial charge in [-0.2, -0.15) is 0 Å². The van der Waals surface area contributed by atoms with Crippen LogP contribution >= 0.6 is 0 Å². The van der Waals surface area contributed by atoms with Gasteiger partial charge in [0.25, 0.3) is 0 Å². The normalized spacial score (nSPS) is 32.0. The predicted molar refractivity (Wildman–Crippen MR) is 98.5 cm³/mol. The molecule has 0 spiro atoms. The highest BCUT2D eigenvalue weighted by molar-refractivity contribution is 5.75. The van der Waals surface area contributed by atoms with Gasteiger partial charge in [-0.25, -0.2) is 0 Å². The highest BCUT2D eigenvalue weighted by atomic mass is 16.5. The molecular weight excluding hydrogens is 328 g/mol. The van der Waals surface area contributed by atoms with Crippen molar-refractivity contribution in [2.75, 3.05) is 0 Å². The first-order valence-electron chi connectivity index (χ1n) is 9.57. The Labute approximate surface area is 154 Å². The molecule has 0 aromatic heterocycles. The Hall–Kier alpha value is -2.10. The first kappa shape index (κ1) is 17.3. The van der Waals surface area contributed by atoms with Gasteiger partial charge in [0, 0.05) is 19.3 Å². The Morgan fingerprint density at radius 2 is 1.92 bits per heavy atom. The van der Waals surface area contributed by atoms with Crippen molar-refractivity contribution in [3.8, 4) is 5.75 Å². The third-order valence-corrected chi connectivity index (χ3v) is 6.65. The van der Waals surface area contributed by atoms with Gasteiger partial charge in [0.05, 0.1) is 0 Å². The van der Waals surface area contributed by atoms with Crippen molar-refractivity contribution in [1.29, 1.82) is 0 Å². The lowest BCUT2D eigenvalue weighted by atomic mass is 9.60. The van der Waals surface area contributed by atoms with Crippen molar-refractivity contribution >= 4 is 17.5 Å². The van der Waals surface area contributed by atoms with Crippen LogP contribution in [0, 0.1) is 17.3 Å². The smallest absolute Gasteiger partial charge is 0.308 e. The second kappa shape index (κ2) is 6.26. The van der Waals surface area contributed by atoms with Gasteiger partial charge in [-0.3, -0.25) is 9.59 Å². The number of carbonyl (C=O) groups excluding carboxylic acids is 2. The van der Waals surface area contributed by atoms with Crippen molar-refractivity contribution in [2.24, 2.45) is 17.3 Å². The van der Waals surface area contributed by atoms with Crippen LogP contribution in [0.1, 0.15) is 57.6 Å². The number of benzene rings is 1. The number of allylic oxidation sites excluding steroid dienone is 2. The van der Waals surface area contributed by atoms with E-state index in [2.05, 4.69) is 19.1 Å². The predicted octanol–water partition coefficient (Wildman–Crippen LogP) is 4.31. The van der Waals surface area contributed by atoms with Crippen molar-refractivity contribution in [1.82, 2.24) is 0 Å². The number of aryl methyl sites for hydroxylation is 1. The molecule has 0 bridgehead atoms. The van der Waals surface area contributed by atoms with Crippen LogP contribution in [0.15, 0.2) is 24.3 Å². The average Bonchev–Trinajstić information content (AvgIpc) is 2.90. The minimum Gasteiger partial charge on any atom is -0.462 e. The molecule has 0 N–H and O–H groups in total. The van der Waals surface area contributed by atoms with E-state index in [0.717, 1.165) is 32.1 Å². The summed E-state index contributed by atoms with van der Waals surface area (Å²) in [5, 5.41) is 0. The number of ether oxygens (including phenoxy) is 2. The maximum absolute atomic E-state index is 11.5. The van der Waals surface area contributed by atoms with Crippen molar-refractivity contribution < 1.29 is 19.1 Å². The van der Waals surface area contributed by atoms with Crippen LogP contribution in [-0.4, -0.2) is 18.0 Å². The summed E-state index contributed by atoms with van der Waals surface area (Å²) in [6.07, 6.45) is 7.55. The zero-order valence-corrected chi connectivity index (χ0v) is 15.7. The Kier molecular flexibility index (Phi) is 4.17. The van der Waals surface area contributed by atoms with E-state index in [9.17, 15) is 9.59 Å². The molecule has 0 unspecified atom stereocenters. The van der Waals surface area contributed by atoms with Gasteiger partial charge in [0.1, 0.15) is 11.9 Å². The summed E-state index contributed by atoms with van der Waals surface area (Å²) in [6.45, 7) is 5.24. The van der Waals surface area contributed by atoms with Crippen LogP contribution in [0.5, 0.6) is 5.75 Å². The molecule has 3 aliphatic rings. The first-order chi connectivity index (χ1) is 12.4. The molecule has 3 aliphatic carbocycles. The Balaban J connectivity index is 1.65. The fourth-order valence-corrected chi connectivity index (χ4v) is 5.53. The minimum atomic E-state index is -0.284. The van der Waals surface area contributed by atoms with Gasteiger partial charge >= 0.3 is 11.9 Å². The van der Waals surface area contributed by atoms with Crippen molar-refractivity contribution in [2.45, 2.75) is 59.0 Å². The van der Waals surface area contributed by atoms with E-state index < -0.39 is 0 Å². The maximum atomic E-state index is 11.5. The largest absolute Gasteiger partial charge is 0.462 e. The van der Waals surface area contributed by atoms with Gasteiger partial charge in [0.15, 0.2) is 0 Å². The van der Waals surface area contributed by atoms with E-state index in [1.165, 1.54) is 30.5 Å². The summed E-state index contributed by atoms with van der Waals surface area (Å²) in [7, 11) is 0. The molecule has 0 amide bonds. The monoisotopic (exact) mass is 354 g/mol. The Bertz CT molecular complexity index is 793. The zero-order valence-electron chi connectivity index (χ0n) is 15.7. The number of fused-ring (bicyclic) bond motifs is 5. The van der Waals surface area contributed by atoms with E-state index in [1.807, 2.05) is 12.1 Å². The van der Waals surface area contributed by atoms with Crippen LogP contribution in [0.2, 0.25) is 0 Å². The van der Waals surface area contributed by atoms with E-state index in [4.69, 9.17) is 9.47 Å². The molecule has 138 valence electrons. The minimum absolute atomic E-state index is 0.0375. The zero-order chi connectivity index (χ0) is 18.5. The van der Waals surface area contributed by atoms with E-state index in [1.54, 1.807) is 0 Å². The van der Waals surface area contributed by atoms with E-state index in [-0.39, 0.29) is 23.5 Å². The topological polar surface area (TPSA) is 52.6 Å². The number of hydrogen-bond donors (Lipinski definition) is 0. The van der Waals surface area contributed by atoms with Gasteiger partial charge in [-0.15, -0.1) is 0 Å². The lowest BCUT2D eigenvalue weighted by Crippen LogP contribution is -2.41. The molecule has 4 rings (SSSR count). The molecule has 4 nitrogen and oxygen atoms in total. The Morgan fingerprint density at radius 3 is 2.65 bits per heavy atom. The summed E-state index contributed by atoms with van der Waals surface area (Å²) < 4.78 is 10.9. The summed E-state index contributed by atoms with van der Waals surface area (Å²) in [5.41, 5.74) is 4.06. The second-order valence-corrected chi connectivity index (χ2v) is 8.21. The molecule has 4 heteroatoms. The molecule has 26 heavy (non-hydrogen) atoms. The standard InChI is InChI=1S/C22H26O4/c1-13(23)25-16-5-7-17-15(12-16)4-6-19-18(17)10-11-22(3)20(19)8-9-21(22)26-14(2)24/h5,7,10,12,19-21H,4,6,8-9,11H2,1-3H3/t19-,20+,21+,22+/m1/s1. The number of rotatable bonds is 2. The van der Waals surface area contributed by atoms with Gasteiger partial charge in [-0.05, 0) is 72.8 Å². The summed E-state index contributed by atoms with van der Waals surface area (Å²) in [5.74, 6) is 1.27. The van der Waals surface area contributed by atoms with Crippen molar-refractivity contribution in [3.63, 3.8) is 0 Å². The lowest BCUT2D eigenvalue weighted by Gasteiger charge is -2.46. The van der Waals surface area contributed by atoms with Crippen LogP contribution in [0.4, 0.5) is 0 Å². The third kappa shape index (κ3) is 2.76.